The second-order valence-electron chi connectivity index (χ2n) is 6.14. The molecule has 17 heavy (non-hydrogen) atoms. The van der Waals surface area contributed by atoms with E-state index in [2.05, 4.69) is 24.7 Å². The van der Waals surface area contributed by atoms with Crippen LogP contribution < -0.4 is 10.9 Å². The van der Waals surface area contributed by atoms with Crippen molar-refractivity contribution in [3.63, 3.8) is 0 Å². The smallest absolute Gasteiger partial charge is 0.397 e. The summed E-state index contributed by atoms with van der Waals surface area (Å²) in [6.07, 6.45) is -0.201. The fourth-order valence-corrected chi connectivity index (χ4v) is 2.65. The predicted molar refractivity (Wildman–Crippen MR) is 68.0 cm³/mol. The van der Waals surface area contributed by atoms with Gasteiger partial charge in [0.05, 0.1) is 0 Å². The molecular formula is C11H22BN3O2. The summed E-state index contributed by atoms with van der Waals surface area (Å²) in [5.74, 6) is 0.470. The number of hydrogen-bond acceptors (Lipinski definition) is 4. The predicted octanol–water partition coefficient (Wildman–Crippen LogP) is 0.631. The van der Waals surface area contributed by atoms with Crippen LogP contribution >= 0.6 is 0 Å². The van der Waals surface area contributed by atoms with Gasteiger partial charge in [-0.05, 0) is 40.4 Å². The second-order valence-corrected chi connectivity index (χ2v) is 6.14. The lowest BCUT2D eigenvalue weighted by Crippen LogP contribution is -2.47. The third-order valence-electron chi connectivity index (χ3n) is 3.63. The van der Waals surface area contributed by atoms with E-state index in [1.54, 1.807) is 0 Å². The summed E-state index contributed by atoms with van der Waals surface area (Å²) in [6.45, 7) is 9.91. The first kappa shape index (κ1) is 12.7. The van der Waals surface area contributed by atoms with Crippen LogP contribution in [-0.4, -0.2) is 42.0 Å². The number of carbonyl (C=O) groups excluding carboxylic acids is 1. The first-order chi connectivity index (χ1) is 7.79. The molecule has 5 nitrogen and oxygen atoms in total. The number of nitrogens with one attached hydrogen (secondary N) is 2. The van der Waals surface area contributed by atoms with E-state index in [-0.39, 0.29) is 12.1 Å². The molecule has 2 fully saturated rings. The molecule has 0 saturated carbocycles. The minimum absolute atomic E-state index is 0.173. The topological polar surface area (TPSA) is 53.6 Å². The molecule has 6 heteroatoms. The van der Waals surface area contributed by atoms with E-state index in [1.807, 2.05) is 25.6 Å². The molecule has 0 aliphatic carbocycles. The minimum Gasteiger partial charge on any atom is -0.445 e. The van der Waals surface area contributed by atoms with Crippen molar-refractivity contribution in [2.75, 3.05) is 0 Å². The van der Waals surface area contributed by atoms with Gasteiger partial charge in [-0.15, -0.1) is 0 Å². The number of hydrazine groups is 1. The maximum absolute atomic E-state index is 12.1. The van der Waals surface area contributed by atoms with Crippen molar-refractivity contribution in [2.45, 2.75) is 64.2 Å². The Labute approximate surface area is 103 Å². The van der Waals surface area contributed by atoms with E-state index in [9.17, 15) is 4.79 Å². The zero-order valence-electron chi connectivity index (χ0n) is 11.3. The highest BCUT2D eigenvalue weighted by Gasteiger charge is 2.48. The Balaban J connectivity index is 2.02. The molecule has 2 aliphatic rings. The number of fused-ring (bicyclic) bond motifs is 1. The number of carbonyl (C=O) groups is 1. The lowest BCUT2D eigenvalue weighted by Gasteiger charge is -2.29. The second kappa shape index (κ2) is 4.17. The molecule has 2 saturated heterocycles. The van der Waals surface area contributed by atoms with Gasteiger partial charge >= 0.3 is 6.09 Å². The molecule has 2 aliphatic heterocycles. The summed E-state index contributed by atoms with van der Waals surface area (Å²) < 4.78 is 5.43. The fourth-order valence-electron chi connectivity index (χ4n) is 2.65. The minimum atomic E-state index is -0.425. The first-order valence-electron chi connectivity index (χ1n) is 6.30. The van der Waals surface area contributed by atoms with Gasteiger partial charge in [0.15, 0.2) is 0 Å². The molecule has 0 aromatic heterocycles. The van der Waals surface area contributed by atoms with E-state index in [0.717, 1.165) is 7.41 Å². The van der Waals surface area contributed by atoms with Crippen LogP contribution in [0.1, 0.15) is 34.6 Å². The van der Waals surface area contributed by atoms with E-state index < -0.39 is 5.60 Å². The highest BCUT2D eigenvalue weighted by atomic mass is 16.6. The Morgan fingerprint density at radius 1 is 1.29 bits per heavy atom. The maximum atomic E-state index is 12.1. The van der Waals surface area contributed by atoms with Crippen molar-refractivity contribution in [1.29, 1.82) is 0 Å². The van der Waals surface area contributed by atoms with E-state index in [0.29, 0.717) is 17.9 Å². The summed E-state index contributed by atoms with van der Waals surface area (Å²) in [4.78, 5) is 13.9. The Morgan fingerprint density at radius 3 is 2.47 bits per heavy atom. The van der Waals surface area contributed by atoms with Crippen LogP contribution in [0.3, 0.4) is 0 Å². The first-order valence-corrected chi connectivity index (χ1v) is 6.30. The number of nitrogens with zero attached hydrogens (tertiary/aromatic N) is 1. The lowest BCUT2D eigenvalue weighted by atomic mass is 9.72. The summed E-state index contributed by atoms with van der Waals surface area (Å²) >= 11 is 0. The fraction of sp³-hybridized carbons (Fsp3) is 0.909. The zero-order chi connectivity index (χ0) is 12.8. The average molecular weight is 239 g/mol. The molecular weight excluding hydrogens is 217 g/mol. The number of hydrogen-bond donors (Lipinski definition) is 2. The van der Waals surface area contributed by atoms with Crippen LogP contribution in [0.5, 0.6) is 0 Å². The molecule has 4 unspecified atom stereocenters. The van der Waals surface area contributed by atoms with Gasteiger partial charge in [-0.3, -0.25) is 10.9 Å². The van der Waals surface area contributed by atoms with Gasteiger partial charge in [0, 0.05) is 18.1 Å². The molecule has 2 heterocycles. The van der Waals surface area contributed by atoms with Gasteiger partial charge < -0.3 is 9.55 Å². The van der Waals surface area contributed by atoms with Gasteiger partial charge in [-0.25, -0.2) is 4.79 Å². The molecule has 1 amide bonds. The molecule has 96 valence electrons. The van der Waals surface area contributed by atoms with Gasteiger partial charge in [0.1, 0.15) is 5.60 Å². The van der Waals surface area contributed by atoms with Gasteiger partial charge in [0.2, 0.25) is 0 Å². The van der Waals surface area contributed by atoms with Crippen molar-refractivity contribution in [1.82, 2.24) is 15.7 Å². The highest BCUT2D eigenvalue weighted by molar-refractivity contribution is 6.40. The number of ether oxygens (including phenoxy) is 1. The van der Waals surface area contributed by atoms with Crippen LogP contribution in [0.15, 0.2) is 0 Å². The van der Waals surface area contributed by atoms with Crippen LogP contribution in [0.4, 0.5) is 4.79 Å². The van der Waals surface area contributed by atoms with E-state index >= 15 is 0 Å². The Hall–Kier alpha value is -0.745. The maximum Gasteiger partial charge on any atom is 0.397 e. The summed E-state index contributed by atoms with van der Waals surface area (Å²) in [5.41, 5.74) is 6.07. The summed E-state index contributed by atoms with van der Waals surface area (Å²) in [7, 11) is 0.766. The number of amides is 1. The third kappa shape index (κ3) is 2.42. The molecule has 0 spiro atoms. The summed E-state index contributed by atoms with van der Waals surface area (Å²) in [6, 6.07) is 0.903. The Bertz CT molecular complexity index is 318. The largest absolute Gasteiger partial charge is 0.445 e. The lowest BCUT2D eigenvalue weighted by molar-refractivity contribution is 0.0345. The van der Waals surface area contributed by atoms with Crippen LogP contribution in [-0.2, 0) is 4.74 Å². The van der Waals surface area contributed by atoms with Crippen molar-refractivity contribution >= 4 is 13.5 Å². The van der Waals surface area contributed by atoms with Crippen molar-refractivity contribution in [3.8, 4) is 0 Å². The van der Waals surface area contributed by atoms with Gasteiger partial charge in [-0.1, -0.05) is 0 Å². The van der Waals surface area contributed by atoms with Crippen LogP contribution in [0.2, 0.25) is 5.82 Å². The molecule has 0 aromatic rings. The van der Waals surface area contributed by atoms with Crippen molar-refractivity contribution in [2.24, 2.45) is 0 Å². The molecule has 2 rings (SSSR count). The van der Waals surface area contributed by atoms with Gasteiger partial charge in [0.25, 0.3) is 7.41 Å². The zero-order valence-corrected chi connectivity index (χ0v) is 11.3. The molecule has 4 atom stereocenters. The van der Waals surface area contributed by atoms with E-state index in [4.69, 9.17) is 4.74 Å². The van der Waals surface area contributed by atoms with Gasteiger partial charge in [-0.2, -0.15) is 0 Å². The molecule has 2 N–H and O–H groups in total. The summed E-state index contributed by atoms with van der Waals surface area (Å²) in [5, 5.41) is 0. The molecule has 0 radical (unpaired) electrons. The van der Waals surface area contributed by atoms with E-state index in [1.165, 1.54) is 0 Å². The van der Waals surface area contributed by atoms with Crippen LogP contribution in [0, 0.1) is 0 Å². The van der Waals surface area contributed by atoms with Crippen LogP contribution in [0.25, 0.3) is 0 Å². The SMILES string of the molecule is CC1NNC2C1BN(C(=O)OC(C)(C)C)C2C. The van der Waals surface area contributed by atoms with Crippen molar-refractivity contribution in [3.05, 3.63) is 0 Å². The number of rotatable bonds is 0. The normalized spacial score (nSPS) is 36.6. The average Bonchev–Trinajstić information content (AvgIpc) is 2.67. The Morgan fingerprint density at radius 2 is 1.94 bits per heavy atom. The molecule has 0 aromatic carbocycles. The molecule has 0 bridgehead atoms. The Kier molecular flexibility index (Phi) is 3.12. The van der Waals surface area contributed by atoms with Crippen molar-refractivity contribution < 1.29 is 9.53 Å². The monoisotopic (exact) mass is 239 g/mol. The highest BCUT2D eigenvalue weighted by Crippen LogP contribution is 2.33. The quantitative estimate of drug-likeness (QED) is 0.609. The third-order valence-corrected chi connectivity index (χ3v) is 3.63. The standard InChI is InChI=1S/C11H22BN3O2/c1-6-8-9(14-13-6)7(2)15(12-8)10(16)17-11(3,4)5/h6-9,12-14H,1-5H3.